The fraction of sp³-hybridized carbons (Fsp3) is 0.556. The van der Waals surface area contributed by atoms with Crippen LogP contribution in [0, 0.1) is 5.92 Å². The van der Waals surface area contributed by atoms with Crippen LogP contribution in [0.3, 0.4) is 0 Å². The molecule has 0 radical (unpaired) electrons. The minimum Gasteiger partial charge on any atom is -0.481 e. The number of thiazole rings is 1. The summed E-state index contributed by atoms with van der Waals surface area (Å²) in [7, 11) is 1.24. The topological polar surface area (TPSA) is 104 Å². The number of halogens is 2. The number of alkyl halides is 2. The third-order valence-electron chi connectivity index (χ3n) is 4.99. The predicted octanol–water partition coefficient (Wildman–Crippen LogP) is 1.74. The van der Waals surface area contributed by atoms with E-state index in [2.05, 4.69) is 15.3 Å². The minimum atomic E-state index is -2.92. The van der Waals surface area contributed by atoms with Gasteiger partial charge >= 0.3 is 11.9 Å². The normalized spacial score (nSPS) is 22.8. The Bertz CT molecular complexity index is 841. The monoisotopic (exact) mass is 428 g/mol. The van der Waals surface area contributed by atoms with E-state index in [-0.39, 0.29) is 25.1 Å². The van der Waals surface area contributed by atoms with Crippen LogP contribution in [0.1, 0.15) is 24.8 Å². The van der Waals surface area contributed by atoms with Crippen LogP contribution in [0.2, 0.25) is 0 Å². The van der Waals surface area contributed by atoms with Gasteiger partial charge in [0.2, 0.25) is 0 Å². The van der Waals surface area contributed by atoms with E-state index in [0.717, 1.165) is 0 Å². The molecule has 2 N–H and O–H groups in total. The van der Waals surface area contributed by atoms with Crippen LogP contribution in [0.15, 0.2) is 27.8 Å². The van der Waals surface area contributed by atoms with Crippen molar-refractivity contribution < 1.29 is 28.2 Å². The molecule has 0 aromatic carbocycles. The molecule has 0 bridgehead atoms. The summed E-state index contributed by atoms with van der Waals surface area (Å²) >= 11 is 1.36. The van der Waals surface area contributed by atoms with Crippen LogP contribution in [0.4, 0.5) is 8.78 Å². The van der Waals surface area contributed by atoms with Gasteiger partial charge in [-0.25, -0.2) is 18.6 Å². The van der Waals surface area contributed by atoms with Crippen molar-refractivity contribution in [1.82, 2.24) is 15.2 Å². The largest absolute Gasteiger partial charge is 0.481 e. The van der Waals surface area contributed by atoms with Crippen molar-refractivity contribution in [2.75, 3.05) is 26.7 Å². The maximum atomic E-state index is 14.1. The van der Waals surface area contributed by atoms with E-state index in [0.29, 0.717) is 16.5 Å². The Morgan fingerprint density at radius 1 is 1.52 bits per heavy atom. The maximum absolute atomic E-state index is 14.1. The average Bonchev–Trinajstić information content (AvgIpc) is 3.29. The molecule has 3 heterocycles. The summed E-state index contributed by atoms with van der Waals surface area (Å²) in [4.78, 5) is 33.4. The number of hydrogen-bond acceptors (Lipinski definition) is 8. The Kier molecular flexibility index (Phi) is 6.27. The zero-order valence-corrected chi connectivity index (χ0v) is 16.8. The van der Waals surface area contributed by atoms with Gasteiger partial charge in [0.25, 0.3) is 5.92 Å². The van der Waals surface area contributed by atoms with Crippen LogP contribution >= 0.6 is 11.3 Å². The van der Waals surface area contributed by atoms with Gasteiger partial charge in [0.15, 0.2) is 10.8 Å². The molecule has 3 rings (SSSR count). The minimum absolute atomic E-state index is 0.0292. The third-order valence-corrected chi connectivity index (χ3v) is 5.77. The molecule has 2 aliphatic rings. The van der Waals surface area contributed by atoms with E-state index in [1.165, 1.54) is 30.3 Å². The average molecular weight is 428 g/mol. The molecule has 158 valence electrons. The molecule has 1 fully saturated rings. The molecule has 0 saturated carbocycles. The molecule has 2 aliphatic heterocycles. The lowest BCUT2D eigenvalue weighted by molar-refractivity contribution is -0.141. The van der Waals surface area contributed by atoms with Crippen LogP contribution in [-0.4, -0.2) is 71.5 Å². The maximum Gasteiger partial charge on any atom is 0.337 e. The highest BCUT2D eigenvalue weighted by atomic mass is 32.1. The quantitative estimate of drug-likeness (QED) is 0.638. The van der Waals surface area contributed by atoms with Gasteiger partial charge in [-0.15, -0.1) is 11.3 Å². The number of hydrogen-bond donors (Lipinski definition) is 2. The second-order valence-corrected chi connectivity index (χ2v) is 8.06. The number of esters is 1. The lowest BCUT2D eigenvalue weighted by Crippen LogP contribution is -2.41. The van der Waals surface area contributed by atoms with Gasteiger partial charge in [0.05, 0.1) is 31.7 Å². The molecular weight excluding hydrogens is 406 g/mol. The molecular formula is C18H22F2N4O4S. The summed E-state index contributed by atoms with van der Waals surface area (Å²) in [5.41, 5.74) is 0.677. The van der Waals surface area contributed by atoms with Gasteiger partial charge in [-0.2, -0.15) is 0 Å². The Labute approximate surface area is 170 Å². The number of aliphatic imine (C=N–C) groups is 1. The van der Waals surface area contributed by atoms with Crippen LogP contribution < -0.4 is 5.32 Å². The number of carboxylic acid groups (broad SMARTS) is 1. The Balaban J connectivity index is 1.83. The number of carbonyl (C=O) groups excluding carboxylic acids is 1. The smallest absolute Gasteiger partial charge is 0.337 e. The second-order valence-electron chi connectivity index (χ2n) is 7.17. The van der Waals surface area contributed by atoms with Crippen molar-refractivity contribution in [3.05, 3.63) is 27.9 Å². The number of likely N-dealkylation sites (tertiary alicyclic amines) is 1. The lowest BCUT2D eigenvalue weighted by Gasteiger charge is -2.29. The van der Waals surface area contributed by atoms with Crippen LogP contribution in [-0.2, 0) is 14.3 Å². The highest BCUT2D eigenvalue weighted by molar-refractivity contribution is 7.11. The van der Waals surface area contributed by atoms with Gasteiger partial charge in [-0.05, 0) is 6.42 Å². The molecule has 2 atom stereocenters. The number of ether oxygens (including phenoxy) is 1. The number of nitrogens with one attached hydrogen (secondary N) is 1. The zero-order valence-electron chi connectivity index (χ0n) is 16.0. The number of amidine groups is 1. The van der Waals surface area contributed by atoms with Crippen molar-refractivity contribution in [3.63, 3.8) is 0 Å². The Morgan fingerprint density at radius 2 is 2.28 bits per heavy atom. The van der Waals surface area contributed by atoms with Crippen LogP contribution in [0.5, 0.6) is 0 Å². The first-order chi connectivity index (χ1) is 13.7. The first kappa shape index (κ1) is 21.3. The van der Waals surface area contributed by atoms with Gasteiger partial charge in [0.1, 0.15) is 0 Å². The van der Waals surface area contributed by atoms with Crippen molar-refractivity contribution in [3.8, 4) is 0 Å². The number of carbonyl (C=O) groups is 2. The van der Waals surface area contributed by atoms with Crippen molar-refractivity contribution in [2.24, 2.45) is 10.9 Å². The van der Waals surface area contributed by atoms with E-state index in [1.807, 2.05) is 0 Å². The fourth-order valence-corrected chi connectivity index (χ4v) is 4.11. The number of carboxylic acids is 1. The Morgan fingerprint density at radius 3 is 2.90 bits per heavy atom. The number of nitrogens with zero attached hydrogens (tertiary/aromatic N) is 3. The predicted molar refractivity (Wildman–Crippen MR) is 102 cm³/mol. The molecule has 29 heavy (non-hydrogen) atoms. The summed E-state index contributed by atoms with van der Waals surface area (Å²) in [5.74, 6) is -4.82. The molecule has 0 spiro atoms. The molecule has 11 heteroatoms. The number of rotatable bonds is 7. The van der Waals surface area contributed by atoms with E-state index < -0.39 is 42.8 Å². The highest BCUT2D eigenvalue weighted by Gasteiger charge is 2.46. The van der Waals surface area contributed by atoms with Gasteiger partial charge < -0.3 is 15.2 Å². The van der Waals surface area contributed by atoms with E-state index >= 15 is 0 Å². The second kappa shape index (κ2) is 8.54. The molecule has 2 unspecified atom stereocenters. The molecule has 1 saturated heterocycles. The first-order valence-electron chi connectivity index (χ1n) is 9.06. The molecule has 0 amide bonds. The third kappa shape index (κ3) is 4.96. The van der Waals surface area contributed by atoms with Crippen LogP contribution in [0.25, 0.3) is 0 Å². The molecule has 1 aromatic heterocycles. The van der Waals surface area contributed by atoms with Gasteiger partial charge in [0, 0.05) is 36.3 Å². The summed E-state index contributed by atoms with van der Waals surface area (Å²) in [5, 5.41) is 14.6. The standard InChI is InChI=1S/C18H22F2N4O4S/c1-10(16(25)26)5-11-6-18(19,20)9-24(11)8-13-12(17(27)28-2)7-22-14(23-13)15-21-3-4-29-15/h3-4,10-11H,5-9H2,1-2H3,(H,22,23)(H,25,26). The summed E-state index contributed by atoms with van der Waals surface area (Å²) in [6, 6.07) is -0.619. The highest BCUT2D eigenvalue weighted by Crippen LogP contribution is 2.35. The number of aromatic nitrogens is 1. The molecule has 0 aliphatic carbocycles. The van der Waals surface area contributed by atoms with E-state index in [1.54, 1.807) is 11.6 Å². The lowest BCUT2D eigenvalue weighted by atomic mass is 9.99. The SMILES string of the molecule is COC(=O)C1=C(CN2CC(F)(F)CC2CC(C)C(=O)O)NC(c2nccs2)=NC1. The number of methoxy groups -OCH3 is 1. The first-order valence-corrected chi connectivity index (χ1v) is 9.94. The zero-order chi connectivity index (χ0) is 21.2. The summed E-state index contributed by atoms with van der Waals surface area (Å²) in [6.45, 7) is 1.07. The number of aliphatic carboxylic acids is 1. The summed E-state index contributed by atoms with van der Waals surface area (Å²) < 4.78 is 33.1. The van der Waals surface area contributed by atoms with Crippen molar-refractivity contribution in [1.29, 1.82) is 0 Å². The van der Waals surface area contributed by atoms with Gasteiger partial charge in [-0.3, -0.25) is 14.7 Å². The molecule has 8 nitrogen and oxygen atoms in total. The summed E-state index contributed by atoms with van der Waals surface area (Å²) in [6.07, 6.45) is 1.30. The van der Waals surface area contributed by atoms with E-state index in [9.17, 15) is 18.4 Å². The van der Waals surface area contributed by atoms with Crippen molar-refractivity contribution >= 4 is 29.1 Å². The molecule has 1 aromatic rings. The Hall–Kier alpha value is -2.40. The van der Waals surface area contributed by atoms with Gasteiger partial charge in [-0.1, -0.05) is 6.92 Å². The van der Waals surface area contributed by atoms with Crippen molar-refractivity contribution in [2.45, 2.75) is 31.7 Å². The fourth-order valence-electron chi connectivity index (χ4n) is 3.51. The van der Waals surface area contributed by atoms with E-state index in [4.69, 9.17) is 9.84 Å².